The summed E-state index contributed by atoms with van der Waals surface area (Å²) in [6, 6.07) is 3.97. The number of nitrogens with zero attached hydrogens (tertiary/aromatic N) is 2. The number of pyridine rings is 1. The molecule has 0 saturated carbocycles. The minimum atomic E-state index is -0.632. The van der Waals surface area contributed by atoms with Crippen molar-refractivity contribution in [3.05, 3.63) is 45.1 Å². The molecule has 1 atom stereocenters. The molecular formula is C12H13ClN2OS. The van der Waals surface area contributed by atoms with Crippen LogP contribution in [0, 0.1) is 0 Å². The standard InChI is InChI=1S/C12H13ClN2OS/c1-2-8-3-4-9(14-6-8)5-10(16)12-15-7-11(13)17-12/h3-4,6-7,10,16H,2,5H2,1H3. The Balaban J connectivity index is 2.04. The van der Waals surface area contributed by atoms with Crippen molar-refractivity contribution in [2.24, 2.45) is 0 Å². The van der Waals surface area contributed by atoms with Crippen LogP contribution in [0.15, 0.2) is 24.5 Å². The summed E-state index contributed by atoms with van der Waals surface area (Å²) < 4.78 is 0.591. The van der Waals surface area contributed by atoms with Gasteiger partial charge in [-0.05, 0) is 18.1 Å². The molecule has 17 heavy (non-hydrogen) atoms. The van der Waals surface area contributed by atoms with E-state index in [9.17, 15) is 5.11 Å². The van der Waals surface area contributed by atoms with Gasteiger partial charge in [0.05, 0.1) is 6.20 Å². The van der Waals surface area contributed by atoms with Crippen molar-refractivity contribution >= 4 is 22.9 Å². The number of hydrogen-bond donors (Lipinski definition) is 1. The molecule has 0 fully saturated rings. The zero-order chi connectivity index (χ0) is 12.3. The van der Waals surface area contributed by atoms with Crippen molar-refractivity contribution in [3.63, 3.8) is 0 Å². The van der Waals surface area contributed by atoms with E-state index in [0.29, 0.717) is 15.8 Å². The van der Waals surface area contributed by atoms with Crippen molar-refractivity contribution in [1.29, 1.82) is 0 Å². The van der Waals surface area contributed by atoms with Gasteiger partial charge in [0.1, 0.15) is 15.4 Å². The van der Waals surface area contributed by atoms with E-state index in [2.05, 4.69) is 16.9 Å². The number of halogens is 1. The van der Waals surface area contributed by atoms with Gasteiger partial charge in [0.2, 0.25) is 0 Å². The molecule has 1 N–H and O–H groups in total. The van der Waals surface area contributed by atoms with Gasteiger partial charge in [-0.3, -0.25) is 4.98 Å². The summed E-state index contributed by atoms with van der Waals surface area (Å²) in [5.41, 5.74) is 2.06. The Labute approximate surface area is 109 Å². The number of thiazole rings is 1. The normalized spacial score (nSPS) is 12.6. The quantitative estimate of drug-likeness (QED) is 0.927. The van der Waals surface area contributed by atoms with Gasteiger partial charge >= 0.3 is 0 Å². The fourth-order valence-electron chi connectivity index (χ4n) is 1.49. The average Bonchev–Trinajstić information content (AvgIpc) is 2.77. The summed E-state index contributed by atoms with van der Waals surface area (Å²) in [4.78, 5) is 8.36. The minimum absolute atomic E-state index is 0.466. The third-order valence-corrected chi connectivity index (χ3v) is 3.69. The molecule has 2 rings (SSSR count). The topological polar surface area (TPSA) is 46.0 Å². The molecule has 0 aromatic carbocycles. The van der Waals surface area contributed by atoms with Crippen LogP contribution in [0.1, 0.15) is 29.3 Å². The Morgan fingerprint density at radius 3 is 2.71 bits per heavy atom. The molecule has 0 aliphatic heterocycles. The fourth-order valence-corrected chi connectivity index (χ4v) is 2.41. The number of aryl methyl sites for hydroxylation is 1. The van der Waals surface area contributed by atoms with E-state index >= 15 is 0 Å². The van der Waals surface area contributed by atoms with Crippen LogP contribution in [0.5, 0.6) is 0 Å². The Morgan fingerprint density at radius 1 is 1.35 bits per heavy atom. The van der Waals surface area contributed by atoms with Crippen molar-refractivity contribution in [2.75, 3.05) is 0 Å². The largest absolute Gasteiger partial charge is 0.386 e. The molecule has 90 valence electrons. The molecule has 2 aromatic rings. The van der Waals surface area contributed by atoms with E-state index in [4.69, 9.17) is 11.6 Å². The summed E-state index contributed by atoms with van der Waals surface area (Å²) in [6.07, 6.45) is 4.20. The van der Waals surface area contributed by atoms with Crippen molar-refractivity contribution < 1.29 is 5.11 Å². The Bertz CT molecular complexity index is 484. The number of aliphatic hydroxyl groups is 1. The Morgan fingerprint density at radius 2 is 2.18 bits per heavy atom. The summed E-state index contributed by atoms with van der Waals surface area (Å²) in [5, 5.41) is 10.6. The fraction of sp³-hybridized carbons (Fsp3) is 0.333. The second-order valence-corrected chi connectivity index (χ2v) is 5.43. The summed E-state index contributed by atoms with van der Waals surface area (Å²) >= 11 is 7.08. The SMILES string of the molecule is CCc1ccc(CC(O)c2ncc(Cl)s2)nc1. The van der Waals surface area contributed by atoms with Crippen LogP contribution in [0.3, 0.4) is 0 Å². The first-order valence-electron chi connectivity index (χ1n) is 5.42. The van der Waals surface area contributed by atoms with Crippen LogP contribution in [-0.4, -0.2) is 15.1 Å². The van der Waals surface area contributed by atoms with Crippen LogP contribution >= 0.6 is 22.9 Å². The van der Waals surface area contributed by atoms with E-state index in [1.807, 2.05) is 18.3 Å². The van der Waals surface area contributed by atoms with Gasteiger partial charge in [0.25, 0.3) is 0 Å². The lowest BCUT2D eigenvalue weighted by Gasteiger charge is -2.07. The minimum Gasteiger partial charge on any atom is -0.386 e. The first-order valence-corrected chi connectivity index (χ1v) is 6.61. The van der Waals surface area contributed by atoms with Gasteiger partial charge in [-0.1, -0.05) is 24.6 Å². The maximum atomic E-state index is 9.96. The highest BCUT2D eigenvalue weighted by Crippen LogP contribution is 2.25. The third-order valence-electron chi connectivity index (χ3n) is 2.48. The number of aliphatic hydroxyl groups excluding tert-OH is 1. The van der Waals surface area contributed by atoms with E-state index in [1.165, 1.54) is 16.9 Å². The second kappa shape index (κ2) is 5.58. The molecule has 0 saturated heterocycles. The molecule has 0 radical (unpaired) electrons. The van der Waals surface area contributed by atoms with Crippen molar-refractivity contribution in [2.45, 2.75) is 25.9 Å². The maximum absolute atomic E-state index is 9.96. The molecule has 0 amide bonds. The van der Waals surface area contributed by atoms with Crippen molar-refractivity contribution in [1.82, 2.24) is 9.97 Å². The van der Waals surface area contributed by atoms with Gasteiger partial charge in [-0.25, -0.2) is 4.98 Å². The average molecular weight is 269 g/mol. The number of rotatable bonds is 4. The van der Waals surface area contributed by atoms with Gasteiger partial charge in [-0.15, -0.1) is 11.3 Å². The molecule has 2 heterocycles. The van der Waals surface area contributed by atoms with E-state index in [0.717, 1.165) is 12.1 Å². The monoisotopic (exact) mass is 268 g/mol. The summed E-state index contributed by atoms with van der Waals surface area (Å²) in [6.45, 7) is 2.09. The van der Waals surface area contributed by atoms with E-state index in [1.54, 1.807) is 6.20 Å². The van der Waals surface area contributed by atoms with Gasteiger partial charge < -0.3 is 5.11 Å². The first kappa shape index (κ1) is 12.5. The van der Waals surface area contributed by atoms with E-state index in [-0.39, 0.29) is 0 Å². The molecule has 0 bridgehead atoms. The highest BCUT2D eigenvalue weighted by Gasteiger charge is 2.13. The van der Waals surface area contributed by atoms with Gasteiger partial charge in [-0.2, -0.15) is 0 Å². The lowest BCUT2D eigenvalue weighted by atomic mass is 10.1. The molecule has 0 aliphatic carbocycles. The van der Waals surface area contributed by atoms with Crippen LogP contribution in [-0.2, 0) is 12.8 Å². The molecule has 2 aromatic heterocycles. The summed E-state index contributed by atoms with van der Waals surface area (Å²) in [7, 11) is 0. The van der Waals surface area contributed by atoms with Crippen LogP contribution in [0.25, 0.3) is 0 Å². The number of hydrogen-bond acceptors (Lipinski definition) is 4. The third kappa shape index (κ3) is 3.25. The smallest absolute Gasteiger partial charge is 0.123 e. The predicted octanol–water partition coefficient (Wildman–Crippen LogP) is 3.03. The van der Waals surface area contributed by atoms with Gasteiger partial charge in [0.15, 0.2) is 0 Å². The molecular weight excluding hydrogens is 256 g/mol. The molecule has 5 heteroatoms. The van der Waals surface area contributed by atoms with Crippen LogP contribution in [0.2, 0.25) is 4.34 Å². The summed E-state index contributed by atoms with van der Waals surface area (Å²) in [5.74, 6) is 0. The van der Waals surface area contributed by atoms with Gasteiger partial charge in [0, 0.05) is 18.3 Å². The molecule has 1 unspecified atom stereocenters. The lowest BCUT2D eigenvalue weighted by Crippen LogP contribution is -2.03. The molecule has 3 nitrogen and oxygen atoms in total. The van der Waals surface area contributed by atoms with Crippen molar-refractivity contribution in [3.8, 4) is 0 Å². The van der Waals surface area contributed by atoms with E-state index < -0.39 is 6.10 Å². The second-order valence-electron chi connectivity index (χ2n) is 3.73. The molecule has 0 aliphatic rings. The lowest BCUT2D eigenvalue weighted by molar-refractivity contribution is 0.176. The first-order chi connectivity index (χ1) is 8.19. The van der Waals surface area contributed by atoms with Crippen LogP contribution < -0.4 is 0 Å². The highest BCUT2D eigenvalue weighted by molar-refractivity contribution is 7.15. The predicted molar refractivity (Wildman–Crippen MR) is 69.4 cm³/mol. The Kier molecular flexibility index (Phi) is 4.10. The Hall–Kier alpha value is -0.970. The number of aromatic nitrogens is 2. The molecule has 0 spiro atoms. The highest BCUT2D eigenvalue weighted by atomic mass is 35.5. The zero-order valence-electron chi connectivity index (χ0n) is 9.43. The van der Waals surface area contributed by atoms with Crippen LogP contribution in [0.4, 0.5) is 0 Å². The maximum Gasteiger partial charge on any atom is 0.123 e. The zero-order valence-corrected chi connectivity index (χ0v) is 11.0.